The van der Waals surface area contributed by atoms with Gasteiger partial charge in [-0.15, -0.1) is 0 Å². The monoisotopic (exact) mass is 329 g/mol. The van der Waals surface area contributed by atoms with Crippen molar-refractivity contribution in [3.63, 3.8) is 0 Å². The second-order valence-electron chi connectivity index (χ2n) is 7.01. The molecule has 24 heavy (non-hydrogen) atoms. The molecule has 128 valence electrons. The molecular formula is C18H23N3O3. The Kier molecular flexibility index (Phi) is 3.82. The Balaban J connectivity index is 1.37. The van der Waals surface area contributed by atoms with Crippen LogP contribution < -0.4 is 10.6 Å². The predicted molar refractivity (Wildman–Crippen MR) is 88.7 cm³/mol. The van der Waals surface area contributed by atoms with Crippen molar-refractivity contribution in [1.82, 2.24) is 15.5 Å². The van der Waals surface area contributed by atoms with Gasteiger partial charge in [0.1, 0.15) is 5.60 Å². The minimum absolute atomic E-state index is 0.0103. The number of urea groups is 1. The Bertz CT molecular complexity index is 653. The molecule has 2 aliphatic heterocycles. The molecule has 0 radical (unpaired) electrons. The molecule has 0 bridgehead atoms. The number of rotatable bonds is 1. The van der Waals surface area contributed by atoms with Gasteiger partial charge in [0.25, 0.3) is 0 Å². The largest absolute Gasteiger partial charge is 0.441 e. The number of aryl methyl sites for hydroxylation is 1. The van der Waals surface area contributed by atoms with Crippen molar-refractivity contribution >= 4 is 12.1 Å². The van der Waals surface area contributed by atoms with E-state index in [1.807, 2.05) is 11.0 Å². The van der Waals surface area contributed by atoms with Crippen LogP contribution in [-0.4, -0.2) is 42.3 Å². The molecule has 1 aromatic rings. The van der Waals surface area contributed by atoms with Crippen LogP contribution in [0.25, 0.3) is 0 Å². The Morgan fingerprint density at radius 1 is 1.29 bits per heavy atom. The summed E-state index contributed by atoms with van der Waals surface area (Å²) < 4.78 is 5.41. The van der Waals surface area contributed by atoms with Crippen molar-refractivity contribution in [2.45, 2.75) is 43.7 Å². The third-order valence-corrected chi connectivity index (χ3v) is 5.49. The third kappa shape index (κ3) is 2.81. The summed E-state index contributed by atoms with van der Waals surface area (Å²) in [6.07, 6.45) is 4.23. The molecule has 6 heteroatoms. The minimum atomic E-state index is -0.411. The smallest absolute Gasteiger partial charge is 0.407 e. The number of ether oxygens (including phenoxy) is 1. The van der Waals surface area contributed by atoms with Crippen LogP contribution in [0.4, 0.5) is 9.59 Å². The van der Waals surface area contributed by atoms with Crippen LogP contribution in [0.5, 0.6) is 0 Å². The van der Waals surface area contributed by atoms with Gasteiger partial charge in [-0.2, -0.15) is 0 Å². The molecule has 0 aromatic heterocycles. The van der Waals surface area contributed by atoms with Gasteiger partial charge in [0.05, 0.1) is 12.6 Å². The summed E-state index contributed by atoms with van der Waals surface area (Å²) in [5.74, 6) is 0. The molecule has 0 unspecified atom stereocenters. The number of hydrogen-bond acceptors (Lipinski definition) is 3. The average Bonchev–Trinajstić information content (AvgIpc) is 2.96. The van der Waals surface area contributed by atoms with Crippen LogP contribution in [0.15, 0.2) is 24.3 Å². The van der Waals surface area contributed by atoms with E-state index in [9.17, 15) is 9.59 Å². The number of hydrogen-bond donors (Lipinski definition) is 2. The van der Waals surface area contributed by atoms with Gasteiger partial charge in [0, 0.05) is 25.9 Å². The molecule has 1 aromatic carbocycles. The maximum absolute atomic E-state index is 12.6. The molecule has 2 N–H and O–H groups in total. The molecule has 1 spiro atoms. The SMILES string of the molecule is O=C1NCC2(CCN(C(=O)N[C@H]3CCCc4ccccc43)CC2)O1. The van der Waals surface area contributed by atoms with Gasteiger partial charge in [-0.25, -0.2) is 9.59 Å². The van der Waals surface area contributed by atoms with E-state index in [1.54, 1.807) is 0 Å². The molecule has 2 heterocycles. The third-order valence-electron chi connectivity index (χ3n) is 5.49. The first-order valence-electron chi connectivity index (χ1n) is 8.75. The highest BCUT2D eigenvalue weighted by Gasteiger charge is 2.43. The molecule has 2 saturated heterocycles. The van der Waals surface area contributed by atoms with Crippen LogP contribution in [0.2, 0.25) is 0 Å². The summed E-state index contributed by atoms with van der Waals surface area (Å²) >= 11 is 0. The van der Waals surface area contributed by atoms with Crippen molar-refractivity contribution in [3.8, 4) is 0 Å². The molecule has 2 fully saturated rings. The standard InChI is InChI=1S/C18H23N3O3/c22-16(20-15-7-3-5-13-4-1-2-6-14(13)15)21-10-8-18(9-11-21)12-19-17(23)24-18/h1-2,4,6,15H,3,5,7-12H2,(H,19,23)(H,20,22)/t15-/m0/s1. The summed E-state index contributed by atoms with van der Waals surface area (Å²) in [7, 11) is 0. The Morgan fingerprint density at radius 3 is 2.83 bits per heavy atom. The molecule has 1 aliphatic carbocycles. The molecule has 4 rings (SSSR count). The number of alkyl carbamates (subject to hydrolysis) is 1. The van der Waals surface area contributed by atoms with E-state index in [1.165, 1.54) is 11.1 Å². The van der Waals surface area contributed by atoms with E-state index in [-0.39, 0.29) is 18.2 Å². The number of benzene rings is 1. The summed E-state index contributed by atoms with van der Waals surface area (Å²) in [5.41, 5.74) is 2.18. The zero-order chi connectivity index (χ0) is 16.6. The fraction of sp³-hybridized carbons (Fsp3) is 0.556. The first kappa shape index (κ1) is 15.3. The second kappa shape index (κ2) is 6.00. The Hall–Kier alpha value is -2.24. The fourth-order valence-electron chi connectivity index (χ4n) is 4.04. The van der Waals surface area contributed by atoms with E-state index in [4.69, 9.17) is 4.74 Å². The highest BCUT2D eigenvalue weighted by Crippen LogP contribution is 2.31. The molecule has 1 atom stereocenters. The van der Waals surface area contributed by atoms with E-state index >= 15 is 0 Å². The number of amides is 3. The molecule has 0 saturated carbocycles. The van der Waals surface area contributed by atoms with Gasteiger partial charge in [-0.3, -0.25) is 0 Å². The maximum atomic E-state index is 12.6. The van der Waals surface area contributed by atoms with Crippen molar-refractivity contribution in [1.29, 1.82) is 0 Å². The van der Waals surface area contributed by atoms with Gasteiger partial charge in [0.15, 0.2) is 0 Å². The fourth-order valence-corrected chi connectivity index (χ4v) is 4.04. The van der Waals surface area contributed by atoms with E-state index < -0.39 is 5.60 Å². The number of fused-ring (bicyclic) bond motifs is 1. The van der Waals surface area contributed by atoms with Crippen LogP contribution in [0.1, 0.15) is 42.9 Å². The van der Waals surface area contributed by atoms with Crippen LogP contribution in [0.3, 0.4) is 0 Å². The normalized spacial score (nSPS) is 24.9. The lowest BCUT2D eigenvalue weighted by Gasteiger charge is -2.38. The zero-order valence-corrected chi connectivity index (χ0v) is 13.7. The topological polar surface area (TPSA) is 70.7 Å². The van der Waals surface area contributed by atoms with Crippen molar-refractivity contribution in [2.24, 2.45) is 0 Å². The number of carbonyl (C=O) groups is 2. The summed E-state index contributed by atoms with van der Waals surface area (Å²) in [6, 6.07) is 8.46. The molecular weight excluding hydrogens is 306 g/mol. The highest BCUT2D eigenvalue weighted by atomic mass is 16.6. The maximum Gasteiger partial charge on any atom is 0.407 e. The first-order valence-corrected chi connectivity index (χ1v) is 8.75. The van der Waals surface area contributed by atoms with Gasteiger partial charge in [-0.1, -0.05) is 24.3 Å². The van der Waals surface area contributed by atoms with Crippen LogP contribution in [0, 0.1) is 0 Å². The minimum Gasteiger partial charge on any atom is -0.441 e. The summed E-state index contributed by atoms with van der Waals surface area (Å²) in [6.45, 7) is 1.79. The zero-order valence-electron chi connectivity index (χ0n) is 13.7. The lowest BCUT2D eigenvalue weighted by Crippen LogP contribution is -2.51. The predicted octanol–water partition coefficient (Wildman–Crippen LogP) is 2.35. The lowest BCUT2D eigenvalue weighted by atomic mass is 9.88. The quantitative estimate of drug-likeness (QED) is 0.831. The molecule has 3 amide bonds. The van der Waals surface area contributed by atoms with E-state index in [0.717, 1.165) is 19.3 Å². The van der Waals surface area contributed by atoms with Crippen molar-refractivity contribution in [3.05, 3.63) is 35.4 Å². The van der Waals surface area contributed by atoms with E-state index in [2.05, 4.69) is 28.8 Å². The van der Waals surface area contributed by atoms with Crippen LogP contribution >= 0.6 is 0 Å². The highest BCUT2D eigenvalue weighted by molar-refractivity contribution is 5.75. The van der Waals surface area contributed by atoms with Crippen molar-refractivity contribution in [2.75, 3.05) is 19.6 Å². The first-order chi connectivity index (χ1) is 11.7. The summed E-state index contributed by atoms with van der Waals surface area (Å²) in [5, 5.41) is 5.92. The number of nitrogens with one attached hydrogen (secondary N) is 2. The number of piperidine rings is 1. The molecule has 3 aliphatic rings. The van der Waals surface area contributed by atoms with Gasteiger partial charge < -0.3 is 20.3 Å². The number of nitrogens with zero attached hydrogens (tertiary/aromatic N) is 1. The Labute approximate surface area is 141 Å². The van der Waals surface area contributed by atoms with Gasteiger partial charge in [-0.05, 0) is 30.4 Å². The Morgan fingerprint density at radius 2 is 2.08 bits per heavy atom. The van der Waals surface area contributed by atoms with Gasteiger partial charge in [0.2, 0.25) is 0 Å². The van der Waals surface area contributed by atoms with E-state index in [0.29, 0.717) is 32.5 Å². The van der Waals surface area contributed by atoms with Crippen molar-refractivity contribution < 1.29 is 14.3 Å². The second-order valence-corrected chi connectivity index (χ2v) is 7.01. The van der Waals surface area contributed by atoms with Crippen LogP contribution in [-0.2, 0) is 11.2 Å². The average molecular weight is 329 g/mol. The lowest BCUT2D eigenvalue weighted by molar-refractivity contribution is 0.00949. The summed E-state index contributed by atoms with van der Waals surface area (Å²) in [4.78, 5) is 25.8. The number of likely N-dealkylation sites (tertiary alicyclic amines) is 1. The number of carbonyl (C=O) groups excluding carboxylic acids is 2. The van der Waals surface area contributed by atoms with Gasteiger partial charge >= 0.3 is 12.1 Å². The molecule has 6 nitrogen and oxygen atoms in total.